The molecule has 0 saturated carbocycles. The Morgan fingerprint density at radius 3 is 3.07 bits per heavy atom. The molecule has 1 amide bonds. The number of hydrogen-bond donors (Lipinski definition) is 1. The summed E-state index contributed by atoms with van der Waals surface area (Å²) in [4.78, 5) is 15.7. The van der Waals surface area contributed by atoms with E-state index in [0.29, 0.717) is 11.3 Å². The lowest BCUT2D eigenvalue weighted by molar-refractivity contribution is -0.121. The molecular weight excluding hydrogens is 182 g/mol. The van der Waals surface area contributed by atoms with Crippen LogP contribution < -0.4 is 5.32 Å². The SMILES string of the molecule is CO/N=C\[C@@H]1CC(=O)NC(C)=C1C#N. The van der Waals surface area contributed by atoms with E-state index in [1.54, 1.807) is 6.92 Å². The summed E-state index contributed by atoms with van der Waals surface area (Å²) in [7, 11) is 1.42. The lowest BCUT2D eigenvalue weighted by atomic mass is 9.93. The number of carbonyl (C=O) groups is 1. The van der Waals surface area contributed by atoms with Crippen LogP contribution in [0.5, 0.6) is 0 Å². The molecule has 1 N–H and O–H groups in total. The van der Waals surface area contributed by atoms with Gasteiger partial charge in [0.2, 0.25) is 5.91 Å². The topological polar surface area (TPSA) is 74.5 Å². The Hall–Kier alpha value is -1.83. The molecule has 14 heavy (non-hydrogen) atoms. The van der Waals surface area contributed by atoms with Crippen LogP contribution in [0.1, 0.15) is 13.3 Å². The number of hydrogen-bond acceptors (Lipinski definition) is 4. The molecule has 0 unspecified atom stereocenters. The summed E-state index contributed by atoms with van der Waals surface area (Å²) in [5.74, 6) is -0.372. The summed E-state index contributed by atoms with van der Waals surface area (Å²) in [6.45, 7) is 1.70. The molecule has 0 aromatic heterocycles. The Morgan fingerprint density at radius 2 is 2.50 bits per heavy atom. The largest absolute Gasteiger partial charge is 0.399 e. The first-order valence-corrected chi connectivity index (χ1v) is 4.16. The molecule has 5 heteroatoms. The van der Waals surface area contributed by atoms with Gasteiger partial charge in [-0.1, -0.05) is 5.16 Å². The monoisotopic (exact) mass is 193 g/mol. The molecule has 74 valence electrons. The van der Waals surface area contributed by atoms with Crippen LogP contribution in [0.15, 0.2) is 16.4 Å². The summed E-state index contributed by atoms with van der Waals surface area (Å²) in [5, 5.41) is 15.0. The maximum atomic E-state index is 11.2. The number of carbonyl (C=O) groups excluding carboxylic acids is 1. The summed E-state index contributed by atoms with van der Waals surface area (Å²) in [6.07, 6.45) is 1.72. The summed E-state index contributed by atoms with van der Waals surface area (Å²) in [5.41, 5.74) is 1.13. The van der Waals surface area contributed by atoms with Gasteiger partial charge in [-0.3, -0.25) is 4.79 Å². The van der Waals surface area contributed by atoms with Gasteiger partial charge in [-0.15, -0.1) is 0 Å². The molecule has 0 fully saturated rings. The first-order valence-electron chi connectivity index (χ1n) is 4.16. The highest BCUT2D eigenvalue weighted by atomic mass is 16.6. The molecule has 1 aliphatic rings. The minimum atomic E-state index is -0.270. The van der Waals surface area contributed by atoms with Crippen molar-refractivity contribution < 1.29 is 9.63 Å². The van der Waals surface area contributed by atoms with Crippen molar-refractivity contribution in [1.82, 2.24) is 5.32 Å². The van der Waals surface area contributed by atoms with Crippen molar-refractivity contribution in [1.29, 1.82) is 5.26 Å². The number of nitrogens with one attached hydrogen (secondary N) is 1. The lowest BCUT2D eigenvalue weighted by Crippen LogP contribution is -2.32. The minimum absolute atomic E-state index is 0.103. The predicted octanol–water partition coefficient (Wildman–Crippen LogP) is 0.552. The quantitative estimate of drug-likeness (QED) is 0.514. The second kappa shape index (κ2) is 4.42. The van der Waals surface area contributed by atoms with Gasteiger partial charge in [0, 0.05) is 18.0 Å². The van der Waals surface area contributed by atoms with Gasteiger partial charge < -0.3 is 10.2 Å². The number of oxime groups is 1. The molecule has 0 bridgehead atoms. The second-order valence-corrected chi connectivity index (χ2v) is 2.95. The molecule has 5 nitrogen and oxygen atoms in total. The summed E-state index contributed by atoms with van der Waals surface area (Å²) < 4.78 is 0. The molecule has 0 radical (unpaired) electrons. The van der Waals surface area contributed by atoms with Crippen LogP contribution in [0.3, 0.4) is 0 Å². The lowest BCUT2D eigenvalue weighted by Gasteiger charge is -2.19. The van der Waals surface area contributed by atoms with Crippen molar-refractivity contribution in [3.05, 3.63) is 11.3 Å². The van der Waals surface area contributed by atoms with E-state index in [1.807, 2.05) is 0 Å². The Balaban J connectivity index is 2.93. The Labute approximate surface area is 82.0 Å². The zero-order valence-corrected chi connectivity index (χ0v) is 8.07. The van der Waals surface area contributed by atoms with Gasteiger partial charge in [0.05, 0.1) is 17.9 Å². The van der Waals surface area contributed by atoms with E-state index in [9.17, 15) is 4.79 Å². The van der Waals surface area contributed by atoms with Crippen molar-refractivity contribution in [2.75, 3.05) is 7.11 Å². The Morgan fingerprint density at radius 1 is 1.79 bits per heavy atom. The maximum Gasteiger partial charge on any atom is 0.225 e. The van der Waals surface area contributed by atoms with Crippen molar-refractivity contribution in [3.63, 3.8) is 0 Å². The van der Waals surface area contributed by atoms with Crippen LogP contribution in [0.4, 0.5) is 0 Å². The highest BCUT2D eigenvalue weighted by molar-refractivity contribution is 5.85. The normalized spacial score (nSPS) is 22.1. The van der Waals surface area contributed by atoms with Crippen LogP contribution in [0, 0.1) is 17.2 Å². The average Bonchev–Trinajstić information content (AvgIpc) is 2.14. The maximum absolute atomic E-state index is 11.2. The molecule has 0 saturated heterocycles. The zero-order valence-electron chi connectivity index (χ0n) is 8.07. The van der Waals surface area contributed by atoms with Crippen molar-refractivity contribution in [2.45, 2.75) is 13.3 Å². The molecule has 0 aromatic carbocycles. The van der Waals surface area contributed by atoms with Crippen LogP contribution in [0.2, 0.25) is 0 Å². The van der Waals surface area contributed by atoms with E-state index >= 15 is 0 Å². The first-order chi connectivity index (χ1) is 6.69. The Bertz CT molecular complexity index is 338. The van der Waals surface area contributed by atoms with E-state index in [1.165, 1.54) is 13.3 Å². The molecule has 0 spiro atoms. The van der Waals surface area contributed by atoms with Gasteiger partial charge in [0.25, 0.3) is 0 Å². The number of nitriles is 1. The van der Waals surface area contributed by atoms with E-state index < -0.39 is 0 Å². The number of allylic oxidation sites excluding steroid dienone is 2. The minimum Gasteiger partial charge on any atom is -0.399 e. The van der Waals surface area contributed by atoms with E-state index in [4.69, 9.17) is 5.26 Å². The Kier molecular flexibility index (Phi) is 3.24. The molecule has 1 aliphatic heterocycles. The summed E-state index contributed by atoms with van der Waals surface area (Å²) in [6, 6.07) is 2.05. The van der Waals surface area contributed by atoms with Gasteiger partial charge in [-0.2, -0.15) is 5.26 Å². The van der Waals surface area contributed by atoms with E-state index in [0.717, 1.165) is 0 Å². The van der Waals surface area contributed by atoms with Crippen molar-refractivity contribution in [2.24, 2.45) is 11.1 Å². The number of amides is 1. The average molecular weight is 193 g/mol. The third kappa shape index (κ3) is 2.10. The highest BCUT2D eigenvalue weighted by Gasteiger charge is 2.24. The number of rotatable bonds is 2. The summed E-state index contributed by atoms with van der Waals surface area (Å²) >= 11 is 0. The number of nitrogens with zero attached hydrogens (tertiary/aromatic N) is 2. The second-order valence-electron chi connectivity index (χ2n) is 2.95. The standard InChI is InChI=1S/C9H11N3O2/c1-6-8(4-10)7(5-11-14-2)3-9(13)12-6/h5,7H,3H2,1-2H3,(H,12,13)/b11-5-/t7-/m0/s1. The molecule has 1 rings (SSSR count). The van der Waals surface area contributed by atoms with Gasteiger partial charge in [-0.25, -0.2) is 0 Å². The molecule has 1 atom stereocenters. The fraction of sp³-hybridized carbons (Fsp3) is 0.444. The first kappa shape index (κ1) is 10.3. The van der Waals surface area contributed by atoms with Gasteiger partial charge in [0.15, 0.2) is 0 Å². The van der Waals surface area contributed by atoms with Crippen molar-refractivity contribution >= 4 is 12.1 Å². The smallest absolute Gasteiger partial charge is 0.225 e. The van der Waals surface area contributed by atoms with Crippen LogP contribution >= 0.6 is 0 Å². The van der Waals surface area contributed by atoms with Crippen molar-refractivity contribution in [3.8, 4) is 6.07 Å². The highest BCUT2D eigenvalue weighted by Crippen LogP contribution is 2.20. The van der Waals surface area contributed by atoms with Crippen LogP contribution in [-0.2, 0) is 9.63 Å². The van der Waals surface area contributed by atoms with Gasteiger partial charge >= 0.3 is 0 Å². The third-order valence-corrected chi connectivity index (χ3v) is 1.97. The molecule has 0 aliphatic carbocycles. The van der Waals surface area contributed by atoms with E-state index in [-0.39, 0.29) is 18.2 Å². The van der Waals surface area contributed by atoms with Gasteiger partial charge in [0.1, 0.15) is 7.11 Å². The molecular formula is C9H11N3O2. The van der Waals surface area contributed by atoms with Gasteiger partial charge in [-0.05, 0) is 6.92 Å². The fourth-order valence-electron chi connectivity index (χ4n) is 1.34. The van der Waals surface area contributed by atoms with E-state index in [2.05, 4.69) is 21.4 Å². The third-order valence-electron chi connectivity index (χ3n) is 1.97. The molecule has 1 heterocycles. The predicted molar refractivity (Wildman–Crippen MR) is 50.1 cm³/mol. The fourth-order valence-corrected chi connectivity index (χ4v) is 1.34. The van der Waals surface area contributed by atoms with Crippen LogP contribution in [-0.4, -0.2) is 19.2 Å². The zero-order chi connectivity index (χ0) is 10.6. The molecule has 0 aromatic rings. The van der Waals surface area contributed by atoms with Crippen LogP contribution in [0.25, 0.3) is 0 Å².